The molecule has 1 heterocycles. The summed E-state index contributed by atoms with van der Waals surface area (Å²) in [5.74, 6) is 1.06. The first-order valence-corrected chi connectivity index (χ1v) is 7.80. The van der Waals surface area contributed by atoms with Gasteiger partial charge in [-0.3, -0.25) is 4.79 Å². The molecule has 0 radical (unpaired) electrons. The molecule has 0 aliphatic carbocycles. The SMILES string of the molecule is Cc1cc(OC(C)C)ccc1C(=O)CCN1CCNCC1. The number of carbonyl (C=O) groups is 1. The number of carbonyl (C=O) groups excluding carboxylic acids is 1. The predicted molar refractivity (Wildman–Crippen MR) is 85.2 cm³/mol. The lowest BCUT2D eigenvalue weighted by Crippen LogP contribution is -2.44. The van der Waals surface area contributed by atoms with E-state index >= 15 is 0 Å². The van der Waals surface area contributed by atoms with Gasteiger partial charge in [0, 0.05) is 44.7 Å². The second kappa shape index (κ2) is 7.57. The minimum atomic E-state index is 0.152. The smallest absolute Gasteiger partial charge is 0.164 e. The van der Waals surface area contributed by atoms with Crippen LogP contribution in [0.25, 0.3) is 0 Å². The van der Waals surface area contributed by atoms with E-state index in [9.17, 15) is 4.79 Å². The highest BCUT2D eigenvalue weighted by atomic mass is 16.5. The number of benzene rings is 1. The van der Waals surface area contributed by atoms with Gasteiger partial charge in [0.25, 0.3) is 0 Å². The summed E-state index contributed by atoms with van der Waals surface area (Å²) in [6.45, 7) is 10.9. The van der Waals surface area contributed by atoms with Crippen LogP contribution in [0, 0.1) is 6.92 Å². The first-order chi connectivity index (χ1) is 10.1. The van der Waals surface area contributed by atoms with Crippen molar-refractivity contribution < 1.29 is 9.53 Å². The molecule has 1 aliphatic heterocycles. The van der Waals surface area contributed by atoms with Gasteiger partial charge in [-0.15, -0.1) is 0 Å². The summed E-state index contributed by atoms with van der Waals surface area (Å²) in [6, 6.07) is 5.75. The first-order valence-electron chi connectivity index (χ1n) is 7.80. The van der Waals surface area contributed by atoms with Gasteiger partial charge in [-0.05, 0) is 44.5 Å². The second-order valence-corrected chi connectivity index (χ2v) is 5.91. The van der Waals surface area contributed by atoms with Crippen molar-refractivity contribution in [2.75, 3.05) is 32.7 Å². The maximum absolute atomic E-state index is 12.4. The molecule has 21 heavy (non-hydrogen) atoms. The van der Waals surface area contributed by atoms with Crippen LogP contribution in [0.1, 0.15) is 36.2 Å². The van der Waals surface area contributed by atoms with E-state index in [4.69, 9.17) is 4.74 Å². The number of hydrogen-bond donors (Lipinski definition) is 1. The lowest BCUT2D eigenvalue weighted by Gasteiger charge is -2.26. The number of nitrogens with zero attached hydrogens (tertiary/aromatic N) is 1. The van der Waals surface area contributed by atoms with Gasteiger partial charge in [0.1, 0.15) is 5.75 Å². The van der Waals surface area contributed by atoms with Crippen LogP contribution in [-0.4, -0.2) is 49.5 Å². The zero-order chi connectivity index (χ0) is 15.2. The zero-order valence-electron chi connectivity index (χ0n) is 13.3. The topological polar surface area (TPSA) is 41.6 Å². The Hall–Kier alpha value is -1.39. The largest absolute Gasteiger partial charge is 0.491 e. The molecule has 1 aromatic rings. The molecular formula is C17H26N2O2. The van der Waals surface area contributed by atoms with Crippen LogP contribution in [0.15, 0.2) is 18.2 Å². The number of piperazine rings is 1. The van der Waals surface area contributed by atoms with E-state index in [1.807, 2.05) is 39.0 Å². The molecule has 0 atom stereocenters. The number of ketones is 1. The highest BCUT2D eigenvalue weighted by Gasteiger charge is 2.14. The van der Waals surface area contributed by atoms with Crippen LogP contribution in [0.3, 0.4) is 0 Å². The molecule has 1 aliphatic rings. The quantitative estimate of drug-likeness (QED) is 0.816. The fourth-order valence-electron chi connectivity index (χ4n) is 2.62. The average molecular weight is 290 g/mol. The number of hydrogen-bond acceptors (Lipinski definition) is 4. The Kier molecular flexibility index (Phi) is 5.76. The van der Waals surface area contributed by atoms with Crippen molar-refractivity contribution in [3.05, 3.63) is 29.3 Å². The molecular weight excluding hydrogens is 264 g/mol. The Bertz CT molecular complexity index is 480. The highest BCUT2D eigenvalue weighted by Crippen LogP contribution is 2.19. The number of rotatable bonds is 6. The third-order valence-electron chi connectivity index (χ3n) is 3.73. The van der Waals surface area contributed by atoms with Crippen molar-refractivity contribution in [1.82, 2.24) is 10.2 Å². The number of Topliss-reactive ketones (excluding diaryl/α,β-unsaturated/α-hetero) is 1. The molecule has 2 rings (SSSR count). The third-order valence-corrected chi connectivity index (χ3v) is 3.73. The van der Waals surface area contributed by atoms with Crippen LogP contribution in [-0.2, 0) is 0 Å². The van der Waals surface area contributed by atoms with Crippen LogP contribution < -0.4 is 10.1 Å². The molecule has 0 spiro atoms. The van der Waals surface area contributed by atoms with Gasteiger partial charge in [0.05, 0.1) is 6.10 Å². The summed E-state index contributed by atoms with van der Waals surface area (Å²) in [6.07, 6.45) is 0.740. The van der Waals surface area contributed by atoms with Crippen LogP contribution in [0.4, 0.5) is 0 Å². The summed E-state index contributed by atoms with van der Waals surface area (Å²) in [4.78, 5) is 14.7. The van der Waals surface area contributed by atoms with Crippen molar-refractivity contribution in [2.24, 2.45) is 0 Å². The van der Waals surface area contributed by atoms with E-state index in [0.29, 0.717) is 6.42 Å². The molecule has 1 fully saturated rings. The molecule has 4 nitrogen and oxygen atoms in total. The van der Waals surface area contributed by atoms with Gasteiger partial charge in [0.15, 0.2) is 5.78 Å². The monoisotopic (exact) mass is 290 g/mol. The van der Waals surface area contributed by atoms with Gasteiger partial charge in [0.2, 0.25) is 0 Å². The lowest BCUT2D eigenvalue weighted by atomic mass is 10.0. The van der Waals surface area contributed by atoms with Crippen molar-refractivity contribution >= 4 is 5.78 Å². The molecule has 1 N–H and O–H groups in total. The van der Waals surface area contributed by atoms with Gasteiger partial charge in [-0.2, -0.15) is 0 Å². The lowest BCUT2D eigenvalue weighted by molar-refractivity contribution is 0.0960. The molecule has 0 saturated carbocycles. The molecule has 0 amide bonds. The Morgan fingerprint density at radius 1 is 1.33 bits per heavy atom. The summed E-state index contributed by atoms with van der Waals surface area (Å²) in [5, 5.41) is 3.32. The molecule has 116 valence electrons. The maximum atomic E-state index is 12.4. The molecule has 0 bridgehead atoms. The van der Waals surface area contributed by atoms with E-state index < -0.39 is 0 Å². The summed E-state index contributed by atoms with van der Waals surface area (Å²) >= 11 is 0. The number of aryl methyl sites for hydroxylation is 1. The van der Waals surface area contributed by atoms with Crippen molar-refractivity contribution in [1.29, 1.82) is 0 Å². The standard InChI is InChI=1S/C17H26N2O2/c1-13(2)21-15-4-5-16(14(3)12-15)17(20)6-9-19-10-7-18-8-11-19/h4-5,12-13,18H,6-11H2,1-3H3. The van der Waals surface area contributed by atoms with E-state index in [1.165, 1.54) is 0 Å². The van der Waals surface area contributed by atoms with E-state index in [2.05, 4.69) is 10.2 Å². The fourth-order valence-corrected chi connectivity index (χ4v) is 2.62. The Labute approximate surface area is 127 Å². The molecule has 4 heteroatoms. The predicted octanol–water partition coefficient (Wildman–Crippen LogP) is 2.26. The van der Waals surface area contributed by atoms with Crippen molar-refractivity contribution in [3.8, 4) is 5.75 Å². The van der Waals surface area contributed by atoms with Gasteiger partial charge in [-0.25, -0.2) is 0 Å². The van der Waals surface area contributed by atoms with Crippen molar-refractivity contribution in [3.63, 3.8) is 0 Å². The van der Waals surface area contributed by atoms with E-state index in [0.717, 1.165) is 49.6 Å². The Morgan fingerprint density at radius 3 is 2.67 bits per heavy atom. The number of nitrogens with one attached hydrogen (secondary N) is 1. The average Bonchev–Trinajstić information content (AvgIpc) is 2.45. The fraction of sp³-hybridized carbons (Fsp3) is 0.588. The van der Waals surface area contributed by atoms with Crippen LogP contribution in [0.5, 0.6) is 5.75 Å². The van der Waals surface area contributed by atoms with Crippen LogP contribution in [0.2, 0.25) is 0 Å². The Balaban J connectivity index is 1.92. The summed E-state index contributed by atoms with van der Waals surface area (Å²) in [7, 11) is 0. The minimum absolute atomic E-state index is 0.152. The van der Waals surface area contributed by atoms with E-state index in [1.54, 1.807) is 0 Å². The maximum Gasteiger partial charge on any atom is 0.164 e. The normalized spacial score (nSPS) is 16.2. The van der Waals surface area contributed by atoms with Gasteiger partial charge >= 0.3 is 0 Å². The molecule has 1 saturated heterocycles. The van der Waals surface area contributed by atoms with Crippen molar-refractivity contribution in [2.45, 2.75) is 33.3 Å². The molecule has 0 aromatic heterocycles. The zero-order valence-corrected chi connectivity index (χ0v) is 13.3. The first kappa shape index (κ1) is 16.0. The van der Waals surface area contributed by atoms with Gasteiger partial charge < -0.3 is 15.0 Å². The highest BCUT2D eigenvalue weighted by molar-refractivity contribution is 5.97. The number of ether oxygens (including phenoxy) is 1. The Morgan fingerprint density at radius 2 is 2.05 bits per heavy atom. The van der Waals surface area contributed by atoms with Crippen LogP contribution >= 0.6 is 0 Å². The third kappa shape index (κ3) is 4.83. The molecule has 0 unspecified atom stereocenters. The minimum Gasteiger partial charge on any atom is -0.491 e. The molecule has 1 aromatic carbocycles. The second-order valence-electron chi connectivity index (χ2n) is 5.91. The summed E-state index contributed by atoms with van der Waals surface area (Å²) in [5.41, 5.74) is 1.82. The summed E-state index contributed by atoms with van der Waals surface area (Å²) < 4.78 is 5.66. The van der Waals surface area contributed by atoms with Gasteiger partial charge in [-0.1, -0.05) is 0 Å². The van der Waals surface area contributed by atoms with E-state index in [-0.39, 0.29) is 11.9 Å².